The Balaban J connectivity index is 2.07. The fraction of sp³-hybridized carbons (Fsp3) is 0.250. The van der Waals surface area contributed by atoms with Crippen molar-refractivity contribution in [2.24, 2.45) is 0 Å². The predicted octanol–water partition coefficient (Wildman–Crippen LogP) is 0.649. The van der Waals surface area contributed by atoms with E-state index in [1.807, 2.05) is 13.0 Å². The zero-order valence-corrected chi connectivity index (χ0v) is 11.0. The molecule has 0 spiro atoms. The van der Waals surface area contributed by atoms with Gasteiger partial charge in [0.25, 0.3) is 11.7 Å². The fourth-order valence-electron chi connectivity index (χ4n) is 1.69. The SMILES string of the molecule is CC(=O)Nc1cccc(C(C)NC(=O)c2nn[nH]n2)c1. The van der Waals surface area contributed by atoms with E-state index in [0.29, 0.717) is 5.69 Å². The van der Waals surface area contributed by atoms with Crippen LogP contribution < -0.4 is 10.6 Å². The number of anilines is 1. The number of hydrogen-bond donors (Lipinski definition) is 3. The topological polar surface area (TPSA) is 113 Å². The van der Waals surface area contributed by atoms with Crippen LogP contribution in [0.25, 0.3) is 0 Å². The van der Waals surface area contributed by atoms with Crippen LogP contribution in [0.15, 0.2) is 24.3 Å². The highest BCUT2D eigenvalue weighted by Crippen LogP contribution is 2.17. The summed E-state index contributed by atoms with van der Waals surface area (Å²) in [4.78, 5) is 22.8. The minimum absolute atomic E-state index is 0.0186. The van der Waals surface area contributed by atoms with Crippen molar-refractivity contribution in [1.29, 1.82) is 0 Å². The third kappa shape index (κ3) is 3.37. The minimum atomic E-state index is -0.420. The minimum Gasteiger partial charge on any atom is -0.343 e. The Hall–Kier alpha value is -2.77. The summed E-state index contributed by atoms with van der Waals surface area (Å²) >= 11 is 0. The number of aromatic nitrogens is 4. The molecule has 2 rings (SSSR count). The summed E-state index contributed by atoms with van der Waals surface area (Å²) in [5.74, 6) is -0.586. The largest absolute Gasteiger partial charge is 0.343 e. The Kier molecular flexibility index (Phi) is 4.04. The van der Waals surface area contributed by atoms with Crippen LogP contribution in [0.2, 0.25) is 0 Å². The maximum Gasteiger partial charge on any atom is 0.293 e. The van der Waals surface area contributed by atoms with E-state index < -0.39 is 5.91 Å². The highest BCUT2D eigenvalue weighted by Gasteiger charge is 2.15. The molecular weight excluding hydrogens is 260 g/mol. The molecule has 0 fully saturated rings. The number of rotatable bonds is 4. The number of carbonyl (C=O) groups excluding carboxylic acids is 2. The van der Waals surface area contributed by atoms with E-state index in [0.717, 1.165) is 5.56 Å². The van der Waals surface area contributed by atoms with Gasteiger partial charge in [0.1, 0.15) is 0 Å². The van der Waals surface area contributed by atoms with Crippen molar-refractivity contribution in [1.82, 2.24) is 25.9 Å². The van der Waals surface area contributed by atoms with Crippen molar-refractivity contribution >= 4 is 17.5 Å². The first-order chi connectivity index (χ1) is 9.56. The molecule has 0 bridgehead atoms. The second-order valence-electron chi connectivity index (χ2n) is 4.24. The third-order valence-electron chi connectivity index (χ3n) is 2.60. The molecule has 104 valence electrons. The summed E-state index contributed by atoms with van der Waals surface area (Å²) in [7, 11) is 0. The number of carbonyl (C=O) groups is 2. The second kappa shape index (κ2) is 5.91. The van der Waals surface area contributed by atoms with Gasteiger partial charge in [-0.1, -0.05) is 12.1 Å². The van der Waals surface area contributed by atoms with Crippen LogP contribution >= 0.6 is 0 Å². The highest BCUT2D eigenvalue weighted by atomic mass is 16.2. The van der Waals surface area contributed by atoms with Crippen molar-refractivity contribution in [2.75, 3.05) is 5.32 Å². The van der Waals surface area contributed by atoms with E-state index in [1.165, 1.54) is 6.92 Å². The average Bonchev–Trinajstić information content (AvgIpc) is 2.92. The summed E-state index contributed by atoms with van der Waals surface area (Å²) in [5.41, 5.74) is 1.53. The van der Waals surface area contributed by atoms with Crippen molar-refractivity contribution in [3.05, 3.63) is 35.7 Å². The lowest BCUT2D eigenvalue weighted by molar-refractivity contribution is -0.114. The molecule has 8 heteroatoms. The van der Waals surface area contributed by atoms with E-state index in [1.54, 1.807) is 18.2 Å². The van der Waals surface area contributed by atoms with Gasteiger partial charge in [-0.2, -0.15) is 5.21 Å². The number of amides is 2. The van der Waals surface area contributed by atoms with Gasteiger partial charge in [0, 0.05) is 12.6 Å². The Bertz CT molecular complexity index is 610. The van der Waals surface area contributed by atoms with Gasteiger partial charge in [-0.05, 0) is 29.8 Å². The molecule has 0 saturated heterocycles. The molecule has 1 aromatic carbocycles. The molecule has 1 heterocycles. The van der Waals surface area contributed by atoms with Gasteiger partial charge >= 0.3 is 0 Å². The van der Waals surface area contributed by atoms with Crippen molar-refractivity contribution < 1.29 is 9.59 Å². The zero-order valence-electron chi connectivity index (χ0n) is 11.0. The van der Waals surface area contributed by atoms with Gasteiger partial charge in [-0.25, -0.2) is 0 Å². The second-order valence-corrected chi connectivity index (χ2v) is 4.24. The highest BCUT2D eigenvalue weighted by molar-refractivity contribution is 5.90. The summed E-state index contributed by atoms with van der Waals surface area (Å²) in [6.07, 6.45) is 0. The number of benzene rings is 1. The molecule has 0 saturated carbocycles. The van der Waals surface area contributed by atoms with Gasteiger partial charge in [-0.3, -0.25) is 9.59 Å². The van der Waals surface area contributed by atoms with Crippen LogP contribution in [0, 0.1) is 0 Å². The molecule has 8 nitrogen and oxygen atoms in total. The van der Waals surface area contributed by atoms with Gasteiger partial charge in [0.2, 0.25) is 5.91 Å². The molecule has 20 heavy (non-hydrogen) atoms. The van der Waals surface area contributed by atoms with Crippen LogP contribution in [0.4, 0.5) is 5.69 Å². The predicted molar refractivity (Wildman–Crippen MR) is 70.8 cm³/mol. The standard InChI is InChI=1S/C12H14N6O2/c1-7(13-12(20)11-15-17-18-16-11)9-4-3-5-10(6-9)14-8(2)19/h3-7H,1-2H3,(H,13,20)(H,14,19)(H,15,16,17,18). The lowest BCUT2D eigenvalue weighted by atomic mass is 10.1. The van der Waals surface area contributed by atoms with Crippen LogP contribution in [0.1, 0.15) is 36.1 Å². The summed E-state index contributed by atoms with van der Waals surface area (Å²) in [5, 5.41) is 18.2. The molecule has 2 aromatic rings. The molecule has 3 N–H and O–H groups in total. The Labute approximate surface area is 115 Å². The quantitative estimate of drug-likeness (QED) is 0.757. The van der Waals surface area contributed by atoms with E-state index in [4.69, 9.17) is 0 Å². The molecule has 0 aliphatic rings. The lowest BCUT2D eigenvalue weighted by Gasteiger charge is -2.14. The molecule has 1 aromatic heterocycles. The number of nitrogens with zero attached hydrogens (tertiary/aromatic N) is 3. The average molecular weight is 274 g/mol. The number of hydrogen-bond acceptors (Lipinski definition) is 5. The van der Waals surface area contributed by atoms with Crippen LogP contribution in [0.3, 0.4) is 0 Å². The van der Waals surface area contributed by atoms with E-state index in [2.05, 4.69) is 31.3 Å². The summed E-state index contributed by atoms with van der Waals surface area (Å²) in [6, 6.07) is 6.97. The van der Waals surface area contributed by atoms with E-state index in [9.17, 15) is 9.59 Å². The number of aromatic amines is 1. The Morgan fingerprint density at radius 2 is 2.15 bits per heavy atom. The lowest BCUT2D eigenvalue weighted by Crippen LogP contribution is -2.27. The van der Waals surface area contributed by atoms with Crippen molar-refractivity contribution in [3.8, 4) is 0 Å². The maximum absolute atomic E-state index is 11.8. The van der Waals surface area contributed by atoms with Gasteiger partial charge in [0.15, 0.2) is 0 Å². The van der Waals surface area contributed by atoms with Gasteiger partial charge in [-0.15, -0.1) is 10.2 Å². The van der Waals surface area contributed by atoms with Crippen LogP contribution in [0.5, 0.6) is 0 Å². The molecular formula is C12H14N6O2. The zero-order chi connectivity index (χ0) is 14.5. The van der Waals surface area contributed by atoms with Crippen molar-refractivity contribution in [3.63, 3.8) is 0 Å². The molecule has 0 radical (unpaired) electrons. The fourth-order valence-corrected chi connectivity index (χ4v) is 1.69. The monoisotopic (exact) mass is 274 g/mol. The number of H-pyrrole nitrogens is 1. The number of tetrazole rings is 1. The smallest absolute Gasteiger partial charge is 0.293 e. The van der Waals surface area contributed by atoms with E-state index >= 15 is 0 Å². The molecule has 0 aliphatic carbocycles. The summed E-state index contributed by atoms with van der Waals surface area (Å²) < 4.78 is 0. The molecule has 2 amide bonds. The third-order valence-corrected chi connectivity index (χ3v) is 2.60. The first-order valence-corrected chi connectivity index (χ1v) is 5.98. The normalized spacial score (nSPS) is 11.7. The van der Waals surface area contributed by atoms with Crippen molar-refractivity contribution in [2.45, 2.75) is 19.9 Å². The number of nitrogens with one attached hydrogen (secondary N) is 3. The van der Waals surface area contributed by atoms with E-state index in [-0.39, 0.29) is 17.8 Å². The Morgan fingerprint density at radius 3 is 2.80 bits per heavy atom. The molecule has 1 unspecified atom stereocenters. The summed E-state index contributed by atoms with van der Waals surface area (Å²) in [6.45, 7) is 3.26. The molecule has 0 aliphatic heterocycles. The van der Waals surface area contributed by atoms with Crippen LogP contribution in [-0.2, 0) is 4.79 Å². The first kappa shape index (κ1) is 13.7. The van der Waals surface area contributed by atoms with Gasteiger partial charge in [0.05, 0.1) is 6.04 Å². The van der Waals surface area contributed by atoms with Gasteiger partial charge < -0.3 is 10.6 Å². The maximum atomic E-state index is 11.8. The first-order valence-electron chi connectivity index (χ1n) is 5.98. The Morgan fingerprint density at radius 1 is 1.35 bits per heavy atom. The van der Waals surface area contributed by atoms with Crippen LogP contribution in [-0.4, -0.2) is 32.4 Å². The molecule has 1 atom stereocenters.